The molecule has 2 rings (SSSR count). The second kappa shape index (κ2) is 3.76. The number of aromatic hydroxyl groups is 1. The van der Waals surface area contributed by atoms with Gasteiger partial charge in [0.05, 0.1) is 0 Å². The van der Waals surface area contributed by atoms with Gasteiger partial charge in [-0.15, -0.1) is 0 Å². The van der Waals surface area contributed by atoms with Gasteiger partial charge in [0.1, 0.15) is 11.3 Å². The van der Waals surface area contributed by atoms with Crippen LogP contribution in [0.2, 0.25) is 0 Å². The van der Waals surface area contributed by atoms with Crippen molar-refractivity contribution < 1.29 is 5.11 Å². The Morgan fingerprint density at radius 3 is 2.75 bits per heavy atom. The van der Waals surface area contributed by atoms with Crippen molar-refractivity contribution in [2.24, 2.45) is 5.73 Å². The highest BCUT2D eigenvalue weighted by Gasteiger charge is 2.14. The van der Waals surface area contributed by atoms with Crippen molar-refractivity contribution in [3.05, 3.63) is 36.0 Å². The molecule has 0 aliphatic rings. The third kappa shape index (κ3) is 2.14. The lowest BCUT2D eigenvalue weighted by atomic mass is 9.93. The number of hydrogen-bond donors (Lipinski definition) is 2. The predicted octanol–water partition coefficient (Wildman–Crippen LogP) is 2.22. The van der Waals surface area contributed by atoms with Crippen LogP contribution in [0.3, 0.4) is 0 Å². The summed E-state index contributed by atoms with van der Waals surface area (Å²) < 4.78 is 0. The molecule has 3 N–H and O–H groups in total. The molecule has 0 amide bonds. The van der Waals surface area contributed by atoms with Gasteiger partial charge in [0.25, 0.3) is 0 Å². The Morgan fingerprint density at radius 1 is 1.31 bits per heavy atom. The van der Waals surface area contributed by atoms with Crippen molar-refractivity contribution in [3.63, 3.8) is 0 Å². The second-order valence-corrected chi connectivity index (χ2v) is 4.81. The molecule has 0 aliphatic carbocycles. The Labute approximate surface area is 94.9 Å². The summed E-state index contributed by atoms with van der Waals surface area (Å²) in [6, 6.07) is 7.42. The van der Waals surface area contributed by atoms with E-state index in [2.05, 4.69) is 4.98 Å². The zero-order valence-electron chi connectivity index (χ0n) is 9.57. The summed E-state index contributed by atoms with van der Waals surface area (Å²) in [7, 11) is 0. The van der Waals surface area contributed by atoms with E-state index in [0.29, 0.717) is 5.52 Å². The summed E-state index contributed by atoms with van der Waals surface area (Å²) >= 11 is 0. The number of benzene rings is 1. The van der Waals surface area contributed by atoms with Crippen molar-refractivity contribution in [2.75, 3.05) is 0 Å². The summed E-state index contributed by atoms with van der Waals surface area (Å²) in [5, 5.41) is 10.7. The van der Waals surface area contributed by atoms with Gasteiger partial charge in [-0.25, -0.2) is 0 Å². The number of fused-ring (bicyclic) bond motifs is 1. The van der Waals surface area contributed by atoms with Crippen molar-refractivity contribution in [1.82, 2.24) is 4.98 Å². The van der Waals surface area contributed by atoms with Crippen molar-refractivity contribution >= 4 is 10.9 Å². The maximum absolute atomic E-state index is 9.70. The average molecular weight is 216 g/mol. The molecule has 1 aromatic heterocycles. The van der Waals surface area contributed by atoms with Crippen LogP contribution in [0.25, 0.3) is 10.9 Å². The molecule has 0 bridgehead atoms. The summed E-state index contributed by atoms with van der Waals surface area (Å²) in [6.07, 6.45) is 2.44. The molecule has 2 aromatic rings. The molecule has 0 atom stereocenters. The van der Waals surface area contributed by atoms with Crippen LogP contribution in [0.5, 0.6) is 5.75 Å². The lowest BCUT2D eigenvalue weighted by molar-refractivity contribution is 0.479. The van der Waals surface area contributed by atoms with Gasteiger partial charge in [-0.05, 0) is 38.0 Å². The quantitative estimate of drug-likeness (QED) is 0.809. The molecule has 3 nitrogen and oxygen atoms in total. The first kappa shape index (κ1) is 10.9. The van der Waals surface area contributed by atoms with Gasteiger partial charge in [0.2, 0.25) is 0 Å². The van der Waals surface area contributed by atoms with Crippen LogP contribution in [-0.4, -0.2) is 15.6 Å². The van der Waals surface area contributed by atoms with E-state index < -0.39 is 0 Å². The Balaban J connectivity index is 2.59. The van der Waals surface area contributed by atoms with Crippen molar-refractivity contribution in [3.8, 4) is 5.75 Å². The van der Waals surface area contributed by atoms with E-state index in [1.807, 2.05) is 32.0 Å². The fraction of sp³-hybridized carbons (Fsp3) is 0.308. The predicted molar refractivity (Wildman–Crippen MR) is 65.4 cm³/mol. The first-order valence-corrected chi connectivity index (χ1v) is 5.32. The average Bonchev–Trinajstić information content (AvgIpc) is 2.21. The number of phenols is 1. The summed E-state index contributed by atoms with van der Waals surface area (Å²) in [6.45, 7) is 3.98. The van der Waals surface area contributed by atoms with Gasteiger partial charge < -0.3 is 10.8 Å². The standard InChI is InChI=1S/C13H16N2O/c1-13(2,14)8-9-5-6-11(16)12-10(9)4-3-7-15-12/h3-7,16H,8,14H2,1-2H3. The minimum atomic E-state index is -0.264. The molecule has 0 saturated carbocycles. The molecular formula is C13H16N2O. The molecule has 0 saturated heterocycles. The number of nitrogens with zero attached hydrogens (tertiary/aromatic N) is 1. The molecule has 0 spiro atoms. The maximum Gasteiger partial charge on any atom is 0.141 e. The third-order valence-corrected chi connectivity index (χ3v) is 2.48. The van der Waals surface area contributed by atoms with Gasteiger partial charge >= 0.3 is 0 Å². The fourth-order valence-corrected chi connectivity index (χ4v) is 1.86. The molecule has 0 radical (unpaired) electrons. The Bertz CT molecular complexity index is 515. The number of pyridine rings is 1. The zero-order chi connectivity index (χ0) is 11.8. The Hall–Kier alpha value is -1.61. The molecule has 1 heterocycles. The number of nitrogens with two attached hydrogens (primary N) is 1. The molecule has 1 aromatic carbocycles. The van der Waals surface area contributed by atoms with Crippen LogP contribution in [0.1, 0.15) is 19.4 Å². The number of rotatable bonds is 2. The molecule has 84 valence electrons. The molecule has 0 fully saturated rings. The van der Waals surface area contributed by atoms with E-state index in [0.717, 1.165) is 17.4 Å². The lowest BCUT2D eigenvalue weighted by Gasteiger charge is -2.19. The summed E-state index contributed by atoms with van der Waals surface area (Å²) in [5.41, 5.74) is 7.51. The minimum Gasteiger partial charge on any atom is -0.506 e. The first-order chi connectivity index (χ1) is 7.47. The minimum absolute atomic E-state index is 0.217. The molecule has 3 heteroatoms. The lowest BCUT2D eigenvalue weighted by Crippen LogP contribution is -2.34. The molecule has 0 aliphatic heterocycles. The van der Waals surface area contributed by atoms with Gasteiger partial charge in [-0.1, -0.05) is 12.1 Å². The van der Waals surface area contributed by atoms with Gasteiger partial charge in [-0.2, -0.15) is 0 Å². The van der Waals surface area contributed by atoms with Crippen LogP contribution in [0, 0.1) is 0 Å². The normalized spacial score (nSPS) is 11.9. The molecule has 0 unspecified atom stereocenters. The van der Waals surface area contributed by atoms with Crippen LogP contribution in [-0.2, 0) is 6.42 Å². The highest BCUT2D eigenvalue weighted by molar-refractivity contribution is 5.87. The monoisotopic (exact) mass is 216 g/mol. The van der Waals surface area contributed by atoms with Gasteiger partial charge in [0, 0.05) is 17.1 Å². The van der Waals surface area contributed by atoms with Crippen LogP contribution in [0.4, 0.5) is 0 Å². The highest BCUT2D eigenvalue weighted by atomic mass is 16.3. The number of phenolic OH excluding ortho intramolecular Hbond substituents is 1. The van der Waals surface area contributed by atoms with E-state index in [1.54, 1.807) is 12.3 Å². The second-order valence-electron chi connectivity index (χ2n) is 4.81. The number of hydrogen-bond acceptors (Lipinski definition) is 3. The first-order valence-electron chi connectivity index (χ1n) is 5.32. The van der Waals surface area contributed by atoms with E-state index in [4.69, 9.17) is 5.73 Å². The van der Waals surface area contributed by atoms with E-state index in [-0.39, 0.29) is 11.3 Å². The smallest absolute Gasteiger partial charge is 0.141 e. The van der Waals surface area contributed by atoms with Crippen molar-refractivity contribution in [2.45, 2.75) is 25.8 Å². The van der Waals surface area contributed by atoms with Crippen LogP contribution >= 0.6 is 0 Å². The van der Waals surface area contributed by atoms with Gasteiger partial charge in [-0.3, -0.25) is 4.98 Å². The Kier molecular flexibility index (Phi) is 2.56. The highest BCUT2D eigenvalue weighted by Crippen LogP contribution is 2.27. The van der Waals surface area contributed by atoms with Crippen LogP contribution in [0.15, 0.2) is 30.5 Å². The number of aromatic nitrogens is 1. The largest absolute Gasteiger partial charge is 0.506 e. The molecular weight excluding hydrogens is 200 g/mol. The van der Waals surface area contributed by atoms with Crippen LogP contribution < -0.4 is 5.73 Å². The van der Waals surface area contributed by atoms with Crippen molar-refractivity contribution in [1.29, 1.82) is 0 Å². The van der Waals surface area contributed by atoms with Gasteiger partial charge in [0.15, 0.2) is 0 Å². The SMILES string of the molecule is CC(C)(N)Cc1ccc(O)c2ncccc12. The fourth-order valence-electron chi connectivity index (χ4n) is 1.86. The summed E-state index contributed by atoms with van der Waals surface area (Å²) in [4.78, 5) is 4.18. The van der Waals surface area contributed by atoms with E-state index in [9.17, 15) is 5.11 Å². The third-order valence-electron chi connectivity index (χ3n) is 2.48. The zero-order valence-corrected chi connectivity index (χ0v) is 9.57. The topological polar surface area (TPSA) is 59.1 Å². The maximum atomic E-state index is 9.70. The van der Waals surface area contributed by atoms with E-state index in [1.165, 1.54) is 0 Å². The Morgan fingerprint density at radius 2 is 2.06 bits per heavy atom. The van der Waals surface area contributed by atoms with E-state index >= 15 is 0 Å². The summed E-state index contributed by atoms with van der Waals surface area (Å²) in [5.74, 6) is 0.217. The molecule has 16 heavy (non-hydrogen) atoms.